The fraction of sp³-hybridized carbons (Fsp3) is 0.562. The number of nitrogens with zero attached hydrogens (tertiary/aromatic N) is 1. The molecule has 2 nitrogen and oxygen atoms in total. The van der Waals surface area contributed by atoms with E-state index in [1.165, 1.54) is 25.7 Å². The van der Waals surface area contributed by atoms with Crippen molar-refractivity contribution in [3.8, 4) is 6.07 Å². The van der Waals surface area contributed by atoms with Gasteiger partial charge >= 0.3 is 0 Å². The van der Waals surface area contributed by atoms with Crippen LogP contribution in [0.1, 0.15) is 38.2 Å². The van der Waals surface area contributed by atoms with Crippen molar-refractivity contribution in [3.63, 3.8) is 0 Å². The number of hydrogen-bond acceptors (Lipinski definition) is 2. The molecule has 4 atom stereocenters. The zero-order valence-corrected chi connectivity index (χ0v) is 12.8. The highest BCUT2D eigenvalue weighted by molar-refractivity contribution is 9.10. The van der Waals surface area contributed by atoms with Gasteiger partial charge in [0, 0.05) is 16.2 Å². The summed E-state index contributed by atoms with van der Waals surface area (Å²) in [7, 11) is 0. The van der Waals surface area contributed by atoms with E-state index in [-0.39, 0.29) is 0 Å². The molecule has 0 aromatic heterocycles. The standard InChI is InChI=1S/C16H19BrN2/c1-10(14-7-11-2-4-13(14)6-11)19-16-5-3-12(9-18)8-15(16)17/h3,5,8,10-11,13-14,19H,2,4,6-7H2,1H3. The van der Waals surface area contributed by atoms with E-state index in [4.69, 9.17) is 5.26 Å². The average Bonchev–Trinajstić information content (AvgIpc) is 3.03. The van der Waals surface area contributed by atoms with E-state index in [1.807, 2.05) is 18.2 Å². The topological polar surface area (TPSA) is 35.8 Å². The summed E-state index contributed by atoms with van der Waals surface area (Å²) in [5.74, 6) is 2.75. The first-order valence-electron chi connectivity index (χ1n) is 7.13. The third-order valence-corrected chi connectivity index (χ3v) is 5.57. The van der Waals surface area contributed by atoms with Crippen molar-refractivity contribution in [2.45, 2.75) is 38.6 Å². The van der Waals surface area contributed by atoms with Gasteiger partial charge in [-0.05, 0) is 78.1 Å². The van der Waals surface area contributed by atoms with Crippen LogP contribution in [0.3, 0.4) is 0 Å². The fourth-order valence-electron chi connectivity index (χ4n) is 3.96. The molecule has 3 heteroatoms. The molecule has 0 spiro atoms. The van der Waals surface area contributed by atoms with Crippen molar-refractivity contribution in [2.75, 3.05) is 5.32 Å². The third kappa shape index (κ3) is 2.51. The largest absolute Gasteiger partial charge is 0.381 e. The van der Waals surface area contributed by atoms with Crippen LogP contribution in [0.4, 0.5) is 5.69 Å². The van der Waals surface area contributed by atoms with Crippen LogP contribution in [0.15, 0.2) is 22.7 Å². The number of nitriles is 1. The molecule has 3 rings (SSSR count). The lowest BCUT2D eigenvalue weighted by molar-refractivity contribution is 0.304. The molecule has 4 unspecified atom stereocenters. The van der Waals surface area contributed by atoms with E-state index in [0.29, 0.717) is 11.6 Å². The zero-order valence-electron chi connectivity index (χ0n) is 11.2. The average molecular weight is 319 g/mol. The molecule has 19 heavy (non-hydrogen) atoms. The molecule has 2 aliphatic rings. The highest BCUT2D eigenvalue weighted by atomic mass is 79.9. The van der Waals surface area contributed by atoms with Crippen molar-refractivity contribution in [1.82, 2.24) is 0 Å². The predicted molar refractivity (Wildman–Crippen MR) is 80.9 cm³/mol. The lowest BCUT2D eigenvalue weighted by Crippen LogP contribution is -2.30. The van der Waals surface area contributed by atoms with E-state index in [0.717, 1.165) is 27.9 Å². The minimum atomic E-state index is 0.513. The van der Waals surface area contributed by atoms with Gasteiger partial charge in [-0.3, -0.25) is 0 Å². The first-order chi connectivity index (χ1) is 9.17. The van der Waals surface area contributed by atoms with Crippen molar-refractivity contribution < 1.29 is 0 Å². The van der Waals surface area contributed by atoms with Gasteiger partial charge < -0.3 is 5.32 Å². The van der Waals surface area contributed by atoms with Gasteiger partial charge in [0.05, 0.1) is 11.6 Å². The number of anilines is 1. The second-order valence-electron chi connectivity index (χ2n) is 6.08. The van der Waals surface area contributed by atoms with Gasteiger partial charge in [0.2, 0.25) is 0 Å². The SMILES string of the molecule is CC(Nc1ccc(C#N)cc1Br)C1CC2CCC1C2. The maximum atomic E-state index is 8.89. The molecule has 0 amide bonds. The summed E-state index contributed by atoms with van der Waals surface area (Å²) in [5.41, 5.74) is 1.80. The van der Waals surface area contributed by atoms with Gasteiger partial charge in [-0.25, -0.2) is 0 Å². The molecule has 2 fully saturated rings. The van der Waals surface area contributed by atoms with Crippen LogP contribution >= 0.6 is 15.9 Å². The van der Waals surface area contributed by atoms with Crippen LogP contribution in [0, 0.1) is 29.1 Å². The summed E-state index contributed by atoms with van der Waals surface area (Å²) in [4.78, 5) is 0. The predicted octanol–water partition coefficient (Wildman–Crippen LogP) is 4.56. The molecule has 0 aliphatic heterocycles. The zero-order chi connectivity index (χ0) is 13.4. The number of rotatable bonds is 3. The van der Waals surface area contributed by atoms with Gasteiger partial charge in [0.25, 0.3) is 0 Å². The molecule has 0 saturated heterocycles. The second-order valence-corrected chi connectivity index (χ2v) is 6.93. The molecule has 2 saturated carbocycles. The quantitative estimate of drug-likeness (QED) is 0.886. The smallest absolute Gasteiger partial charge is 0.0992 e. The van der Waals surface area contributed by atoms with Gasteiger partial charge in [-0.15, -0.1) is 0 Å². The van der Waals surface area contributed by atoms with Crippen LogP contribution in [0.2, 0.25) is 0 Å². The number of halogens is 1. The van der Waals surface area contributed by atoms with E-state index >= 15 is 0 Å². The Morgan fingerprint density at radius 2 is 2.21 bits per heavy atom. The van der Waals surface area contributed by atoms with Crippen LogP contribution in [0.25, 0.3) is 0 Å². The van der Waals surface area contributed by atoms with Crippen molar-refractivity contribution in [3.05, 3.63) is 28.2 Å². The summed E-state index contributed by atoms with van der Waals surface area (Å²) in [5, 5.41) is 12.5. The molecule has 2 bridgehead atoms. The van der Waals surface area contributed by atoms with E-state index in [9.17, 15) is 0 Å². The highest BCUT2D eigenvalue weighted by Crippen LogP contribution is 2.50. The maximum absolute atomic E-state index is 8.89. The number of fused-ring (bicyclic) bond motifs is 2. The van der Waals surface area contributed by atoms with Crippen molar-refractivity contribution in [1.29, 1.82) is 5.26 Å². The minimum Gasteiger partial charge on any atom is -0.381 e. The van der Waals surface area contributed by atoms with E-state index < -0.39 is 0 Å². The van der Waals surface area contributed by atoms with Crippen molar-refractivity contribution >= 4 is 21.6 Å². The summed E-state index contributed by atoms with van der Waals surface area (Å²) in [6.07, 6.45) is 5.72. The fourth-order valence-corrected chi connectivity index (χ4v) is 4.45. The molecule has 1 aromatic rings. The first-order valence-corrected chi connectivity index (χ1v) is 7.93. The Balaban J connectivity index is 1.70. The molecule has 1 N–H and O–H groups in total. The number of benzene rings is 1. The first kappa shape index (κ1) is 13.0. The Bertz CT molecular complexity index is 520. The lowest BCUT2D eigenvalue weighted by Gasteiger charge is -2.29. The van der Waals surface area contributed by atoms with E-state index in [2.05, 4.69) is 34.2 Å². The van der Waals surface area contributed by atoms with Gasteiger partial charge in [0.15, 0.2) is 0 Å². The molecular formula is C16H19BrN2. The molecule has 2 aliphatic carbocycles. The van der Waals surface area contributed by atoms with Crippen molar-refractivity contribution in [2.24, 2.45) is 17.8 Å². The van der Waals surface area contributed by atoms with Crippen LogP contribution in [-0.2, 0) is 0 Å². The Morgan fingerprint density at radius 3 is 2.79 bits per heavy atom. The second kappa shape index (κ2) is 5.17. The molecular weight excluding hydrogens is 300 g/mol. The molecule has 0 heterocycles. The molecule has 100 valence electrons. The summed E-state index contributed by atoms with van der Waals surface area (Å²) in [6.45, 7) is 2.30. The Morgan fingerprint density at radius 1 is 1.37 bits per heavy atom. The minimum absolute atomic E-state index is 0.513. The lowest BCUT2D eigenvalue weighted by atomic mass is 9.84. The maximum Gasteiger partial charge on any atom is 0.0992 e. The van der Waals surface area contributed by atoms with E-state index in [1.54, 1.807) is 0 Å². The van der Waals surface area contributed by atoms with Crippen LogP contribution in [-0.4, -0.2) is 6.04 Å². The normalized spacial score (nSPS) is 30.1. The Kier molecular flexibility index (Phi) is 3.54. The number of nitrogens with one attached hydrogen (secondary N) is 1. The Labute approximate surface area is 123 Å². The summed E-state index contributed by atoms with van der Waals surface area (Å²) in [6, 6.07) is 8.45. The summed E-state index contributed by atoms with van der Waals surface area (Å²) >= 11 is 3.55. The summed E-state index contributed by atoms with van der Waals surface area (Å²) < 4.78 is 0.988. The number of hydrogen-bond donors (Lipinski definition) is 1. The van der Waals surface area contributed by atoms with Crippen LogP contribution < -0.4 is 5.32 Å². The molecule has 0 radical (unpaired) electrons. The van der Waals surface area contributed by atoms with Gasteiger partial charge in [0.1, 0.15) is 0 Å². The highest BCUT2D eigenvalue weighted by Gasteiger charge is 2.41. The van der Waals surface area contributed by atoms with Gasteiger partial charge in [-0.1, -0.05) is 6.42 Å². The monoisotopic (exact) mass is 318 g/mol. The third-order valence-electron chi connectivity index (χ3n) is 4.92. The van der Waals surface area contributed by atoms with Gasteiger partial charge in [-0.2, -0.15) is 5.26 Å². The molecule has 1 aromatic carbocycles. The Hall–Kier alpha value is -1.01. The van der Waals surface area contributed by atoms with Crippen LogP contribution in [0.5, 0.6) is 0 Å².